The number of halogens is 2. The van der Waals surface area contributed by atoms with Gasteiger partial charge in [0, 0.05) is 22.8 Å². The van der Waals surface area contributed by atoms with Gasteiger partial charge < -0.3 is 9.47 Å². The summed E-state index contributed by atoms with van der Waals surface area (Å²) in [6.07, 6.45) is 5.33. The molecule has 0 aliphatic carbocycles. The summed E-state index contributed by atoms with van der Waals surface area (Å²) in [7, 11) is 0. The molecule has 1 aromatic heterocycles. The van der Waals surface area contributed by atoms with Crippen molar-refractivity contribution in [3.05, 3.63) is 22.3 Å². The highest BCUT2D eigenvalue weighted by atomic mass is 79.9. The first-order valence-electron chi connectivity index (χ1n) is 5.74. The van der Waals surface area contributed by atoms with Gasteiger partial charge in [0.25, 0.3) is 0 Å². The first-order chi connectivity index (χ1) is 8.29. The van der Waals surface area contributed by atoms with Gasteiger partial charge in [-0.15, -0.1) is 11.6 Å². The van der Waals surface area contributed by atoms with E-state index in [2.05, 4.69) is 20.9 Å². The van der Waals surface area contributed by atoms with E-state index >= 15 is 0 Å². The van der Waals surface area contributed by atoms with Gasteiger partial charge in [0.1, 0.15) is 6.61 Å². The summed E-state index contributed by atoms with van der Waals surface area (Å²) in [5, 5.41) is 0. The molecule has 0 bridgehead atoms. The number of ether oxygens (including phenoxy) is 2. The van der Waals surface area contributed by atoms with Gasteiger partial charge in [-0.2, -0.15) is 0 Å². The fourth-order valence-corrected chi connectivity index (χ4v) is 2.38. The van der Waals surface area contributed by atoms with Crippen molar-refractivity contribution in [2.75, 3.05) is 13.2 Å². The molecular weight excluding hydrogens is 305 g/mol. The Bertz CT molecular complexity index is 370. The van der Waals surface area contributed by atoms with Gasteiger partial charge in [-0.25, -0.2) is 4.98 Å². The number of hydrogen-bond donors (Lipinski definition) is 0. The van der Waals surface area contributed by atoms with Crippen molar-refractivity contribution >= 4 is 27.5 Å². The van der Waals surface area contributed by atoms with Gasteiger partial charge in [-0.1, -0.05) is 0 Å². The summed E-state index contributed by atoms with van der Waals surface area (Å²) in [6, 6.07) is 1.93. The molecule has 5 heteroatoms. The van der Waals surface area contributed by atoms with Crippen molar-refractivity contribution in [1.29, 1.82) is 0 Å². The van der Waals surface area contributed by atoms with Crippen LogP contribution in [0, 0.1) is 0 Å². The molecule has 0 N–H and O–H groups in total. The maximum absolute atomic E-state index is 5.85. The molecular formula is C12H15BrClNO2. The van der Waals surface area contributed by atoms with Gasteiger partial charge in [0.05, 0.1) is 12.0 Å². The van der Waals surface area contributed by atoms with E-state index < -0.39 is 0 Å². The third-order valence-electron chi connectivity index (χ3n) is 2.72. The molecule has 1 atom stereocenters. The van der Waals surface area contributed by atoms with Crippen molar-refractivity contribution in [3.8, 4) is 5.88 Å². The third kappa shape index (κ3) is 3.83. The molecule has 1 saturated heterocycles. The van der Waals surface area contributed by atoms with Gasteiger partial charge in [0.2, 0.25) is 5.88 Å². The SMILES string of the molecule is ClCc1cc(Br)cnc1OCC1CCCCO1. The lowest BCUT2D eigenvalue weighted by atomic mass is 10.1. The second-order valence-electron chi connectivity index (χ2n) is 4.05. The molecule has 3 nitrogen and oxygen atoms in total. The number of rotatable bonds is 4. The summed E-state index contributed by atoms with van der Waals surface area (Å²) < 4.78 is 12.2. The van der Waals surface area contributed by atoms with E-state index in [9.17, 15) is 0 Å². The largest absolute Gasteiger partial charge is 0.475 e. The minimum absolute atomic E-state index is 0.192. The minimum Gasteiger partial charge on any atom is -0.475 e. The highest BCUT2D eigenvalue weighted by Gasteiger charge is 2.15. The second-order valence-corrected chi connectivity index (χ2v) is 5.23. The Kier molecular flexibility index (Phi) is 5.07. The van der Waals surface area contributed by atoms with E-state index in [0.29, 0.717) is 18.4 Å². The van der Waals surface area contributed by atoms with E-state index in [4.69, 9.17) is 21.1 Å². The lowest BCUT2D eigenvalue weighted by Gasteiger charge is -2.22. The van der Waals surface area contributed by atoms with E-state index in [0.717, 1.165) is 29.5 Å². The van der Waals surface area contributed by atoms with Gasteiger partial charge in [-0.05, 0) is 41.3 Å². The van der Waals surface area contributed by atoms with Crippen LogP contribution in [0.5, 0.6) is 5.88 Å². The average molecular weight is 321 g/mol. The summed E-state index contributed by atoms with van der Waals surface area (Å²) in [6.45, 7) is 1.39. The quantitative estimate of drug-likeness (QED) is 0.795. The smallest absolute Gasteiger partial charge is 0.217 e. The Balaban J connectivity index is 1.93. The number of aromatic nitrogens is 1. The summed E-state index contributed by atoms with van der Waals surface area (Å²) in [5.74, 6) is 1.00. The van der Waals surface area contributed by atoms with Crippen LogP contribution in [0.4, 0.5) is 0 Å². The molecule has 1 unspecified atom stereocenters. The topological polar surface area (TPSA) is 31.4 Å². The maximum atomic E-state index is 5.85. The standard InChI is InChI=1S/C12H15BrClNO2/c13-10-5-9(6-14)12(15-7-10)17-8-11-3-1-2-4-16-11/h5,7,11H,1-4,6,8H2. The molecule has 1 aliphatic heterocycles. The van der Waals surface area contributed by atoms with Crippen molar-refractivity contribution < 1.29 is 9.47 Å². The number of nitrogens with zero attached hydrogens (tertiary/aromatic N) is 1. The Labute approximate surface area is 115 Å². The van der Waals surface area contributed by atoms with Crippen LogP contribution in [-0.4, -0.2) is 24.3 Å². The monoisotopic (exact) mass is 319 g/mol. The van der Waals surface area contributed by atoms with Crippen LogP contribution in [-0.2, 0) is 10.6 Å². The van der Waals surface area contributed by atoms with Gasteiger partial charge in [0.15, 0.2) is 0 Å². The van der Waals surface area contributed by atoms with Crippen molar-refractivity contribution in [2.45, 2.75) is 31.2 Å². The van der Waals surface area contributed by atoms with Gasteiger partial charge >= 0.3 is 0 Å². The molecule has 1 aromatic rings. The molecule has 0 amide bonds. The molecule has 0 spiro atoms. The van der Waals surface area contributed by atoms with Crippen LogP contribution in [0.15, 0.2) is 16.7 Å². The molecule has 2 rings (SSSR count). The number of hydrogen-bond acceptors (Lipinski definition) is 3. The zero-order valence-electron chi connectivity index (χ0n) is 9.49. The molecule has 94 valence electrons. The average Bonchev–Trinajstić information content (AvgIpc) is 2.38. The Morgan fingerprint density at radius 3 is 3.12 bits per heavy atom. The zero-order chi connectivity index (χ0) is 12.1. The van der Waals surface area contributed by atoms with E-state index in [1.54, 1.807) is 6.20 Å². The third-order valence-corrected chi connectivity index (χ3v) is 3.44. The highest BCUT2D eigenvalue weighted by Crippen LogP contribution is 2.22. The van der Waals surface area contributed by atoms with Crippen molar-refractivity contribution in [3.63, 3.8) is 0 Å². The Morgan fingerprint density at radius 2 is 2.41 bits per heavy atom. The van der Waals surface area contributed by atoms with Crippen LogP contribution in [0.3, 0.4) is 0 Å². The number of alkyl halides is 1. The van der Waals surface area contributed by atoms with Crippen LogP contribution >= 0.6 is 27.5 Å². The van der Waals surface area contributed by atoms with E-state index in [1.807, 2.05) is 6.07 Å². The first kappa shape index (κ1) is 13.1. The van der Waals surface area contributed by atoms with Crippen LogP contribution in [0.25, 0.3) is 0 Å². The Hall–Kier alpha value is -0.320. The summed E-state index contributed by atoms with van der Waals surface area (Å²) in [4.78, 5) is 4.22. The van der Waals surface area contributed by atoms with Crippen molar-refractivity contribution in [2.24, 2.45) is 0 Å². The van der Waals surface area contributed by atoms with Crippen LogP contribution < -0.4 is 4.74 Å². The number of pyridine rings is 1. The zero-order valence-corrected chi connectivity index (χ0v) is 11.8. The maximum Gasteiger partial charge on any atom is 0.217 e. The molecule has 1 fully saturated rings. The molecule has 1 aliphatic rings. The first-order valence-corrected chi connectivity index (χ1v) is 7.07. The predicted octanol–water partition coefficient (Wildman–Crippen LogP) is 3.53. The molecule has 2 heterocycles. The lowest BCUT2D eigenvalue weighted by Crippen LogP contribution is -2.26. The van der Waals surface area contributed by atoms with Crippen LogP contribution in [0.2, 0.25) is 0 Å². The second kappa shape index (κ2) is 6.57. The van der Waals surface area contributed by atoms with Crippen molar-refractivity contribution in [1.82, 2.24) is 4.98 Å². The predicted molar refractivity (Wildman–Crippen MR) is 70.6 cm³/mol. The van der Waals surface area contributed by atoms with Crippen LogP contribution in [0.1, 0.15) is 24.8 Å². The molecule has 0 saturated carbocycles. The molecule has 0 radical (unpaired) electrons. The van der Waals surface area contributed by atoms with E-state index in [-0.39, 0.29) is 6.10 Å². The lowest BCUT2D eigenvalue weighted by molar-refractivity contribution is -0.0121. The molecule has 17 heavy (non-hydrogen) atoms. The highest BCUT2D eigenvalue weighted by molar-refractivity contribution is 9.10. The minimum atomic E-state index is 0.192. The normalized spacial score (nSPS) is 20.2. The Morgan fingerprint density at radius 1 is 1.53 bits per heavy atom. The molecule has 0 aromatic carbocycles. The summed E-state index contributed by atoms with van der Waals surface area (Å²) in [5.41, 5.74) is 0.900. The fourth-order valence-electron chi connectivity index (χ4n) is 1.81. The van der Waals surface area contributed by atoms with E-state index in [1.165, 1.54) is 6.42 Å². The van der Waals surface area contributed by atoms with Gasteiger partial charge in [-0.3, -0.25) is 0 Å². The fraction of sp³-hybridized carbons (Fsp3) is 0.583. The summed E-state index contributed by atoms with van der Waals surface area (Å²) >= 11 is 9.22.